The maximum absolute atomic E-state index is 14.5. The molecule has 6 heteroatoms. The van der Waals surface area contributed by atoms with E-state index in [0.29, 0.717) is 11.4 Å². The third-order valence-electron chi connectivity index (χ3n) is 6.23. The van der Waals surface area contributed by atoms with Gasteiger partial charge in [0.2, 0.25) is 0 Å². The van der Waals surface area contributed by atoms with Gasteiger partial charge in [-0.1, -0.05) is 45.1 Å². The predicted octanol–water partition coefficient (Wildman–Crippen LogP) is 10.4. The summed E-state index contributed by atoms with van der Waals surface area (Å²) in [4.78, 5) is 2.29. The summed E-state index contributed by atoms with van der Waals surface area (Å²) >= 11 is 0. The first kappa shape index (κ1) is 27.2. The predicted molar refractivity (Wildman–Crippen MR) is 148 cm³/mol. The van der Waals surface area contributed by atoms with Gasteiger partial charge in [0.05, 0.1) is 22.7 Å². The minimum atomic E-state index is -0.208. The van der Waals surface area contributed by atoms with Crippen LogP contribution in [0, 0.1) is 5.82 Å². The van der Waals surface area contributed by atoms with Gasteiger partial charge in [-0.3, -0.25) is 0 Å². The smallest absolute Gasteiger partial charge is 0.128 e. The number of azo groups is 2. The summed E-state index contributed by atoms with van der Waals surface area (Å²) in [7, 11) is 0. The Bertz CT molecular complexity index is 1100. The van der Waals surface area contributed by atoms with E-state index in [1.54, 1.807) is 0 Å². The van der Waals surface area contributed by atoms with Crippen LogP contribution in [0.25, 0.3) is 0 Å². The van der Waals surface area contributed by atoms with Crippen molar-refractivity contribution in [2.24, 2.45) is 20.5 Å². The first-order chi connectivity index (χ1) is 17.6. The van der Waals surface area contributed by atoms with Crippen molar-refractivity contribution >= 4 is 28.4 Å². The van der Waals surface area contributed by atoms with Crippen LogP contribution in [0.15, 0.2) is 87.2 Å². The van der Waals surface area contributed by atoms with E-state index in [2.05, 4.69) is 58.3 Å². The van der Waals surface area contributed by atoms with Crippen LogP contribution < -0.4 is 4.90 Å². The molecule has 0 heterocycles. The molecule has 0 saturated heterocycles. The van der Waals surface area contributed by atoms with Crippen LogP contribution in [0.4, 0.5) is 32.8 Å². The number of anilines is 1. The summed E-state index contributed by atoms with van der Waals surface area (Å²) in [6.45, 7) is 8.45. The van der Waals surface area contributed by atoms with Crippen molar-refractivity contribution in [2.75, 3.05) is 18.0 Å². The molecule has 0 aliphatic carbocycles. The molecule has 0 saturated carbocycles. The van der Waals surface area contributed by atoms with Crippen molar-refractivity contribution in [2.45, 2.75) is 65.7 Å². The topological polar surface area (TPSA) is 52.7 Å². The lowest BCUT2D eigenvalue weighted by molar-refractivity contribution is 0.580. The molecule has 0 aliphatic rings. The molecule has 3 aromatic carbocycles. The fourth-order valence-corrected chi connectivity index (χ4v) is 4.03. The van der Waals surface area contributed by atoms with Crippen LogP contribution in [0.5, 0.6) is 0 Å². The molecule has 0 bridgehead atoms. The van der Waals surface area contributed by atoms with Gasteiger partial charge < -0.3 is 4.90 Å². The second kappa shape index (κ2) is 14.9. The SMILES string of the molecule is CCCCCCCCc1ccc(/N=N/c2ccc(/N=N/c3ccc(N(CC)CC)cc3)cc2)cc1F. The molecule has 0 spiro atoms. The summed E-state index contributed by atoms with van der Waals surface area (Å²) in [5.74, 6) is -0.208. The minimum Gasteiger partial charge on any atom is -0.372 e. The Labute approximate surface area is 215 Å². The van der Waals surface area contributed by atoms with Gasteiger partial charge in [0.15, 0.2) is 0 Å². The molecule has 0 N–H and O–H groups in total. The van der Waals surface area contributed by atoms with E-state index >= 15 is 0 Å². The fourth-order valence-electron chi connectivity index (χ4n) is 4.03. The maximum Gasteiger partial charge on any atom is 0.128 e. The third kappa shape index (κ3) is 8.67. The molecule has 0 atom stereocenters. The number of halogens is 1. The Morgan fingerprint density at radius 2 is 1.06 bits per heavy atom. The van der Waals surface area contributed by atoms with Gasteiger partial charge in [-0.2, -0.15) is 20.5 Å². The van der Waals surface area contributed by atoms with Crippen molar-refractivity contribution in [3.63, 3.8) is 0 Å². The second-order valence-corrected chi connectivity index (χ2v) is 8.90. The standard InChI is InChI=1S/C30H38FN5/c1-4-7-8-9-10-11-12-24-13-14-28(23-30(24)31)35-34-26-17-15-25(16-18-26)32-33-27-19-21-29(22-20-27)36(5-2)6-3/h13-23H,4-12H2,1-3H3/b33-32+,35-34+. The molecule has 190 valence electrons. The molecule has 0 fully saturated rings. The molecule has 5 nitrogen and oxygen atoms in total. The van der Waals surface area contributed by atoms with Gasteiger partial charge in [-0.05, 0) is 86.8 Å². The Morgan fingerprint density at radius 1 is 0.583 bits per heavy atom. The number of hydrogen-bond donors (Lipinski definition) is 0. The van der Waals surface area contributed by atoms with Crippen LogP contribution in [-0.4, -0.2) is 13.1 Å². The molecule has 3 rings (SSSR count). The number of unbranched alkanes of at least 4 members (excludes halogenated alkanes) is 5. The lowest BCUT2D eigenvalue weighted by atomic mass is 10.0. The monoisotopic (exact) mass is 487 g/mol. The van der Waals surface area contributed by atoms with Crippen LogP contribution in [0.1, 0.15) is 64.9 Å². The van der Waals surface area contributed by atoms with Crippen LogP contribution >= 0.6 is 0 Å². The summed E-state index contributed by atoms with van der Waals surface area (Å²) in [5, 5.41) is 17.1. The van der Waals surface area contributed by atoms with Gasteiger partial charge >= 0.3 is 0 Å². The van der Waals surface area contributed by atoms with Gasteiger partial charge in [0.25, 0.3) is 0 Å². The van der Waals surface area contributed by atoms with Crippen molar-refractivity contribution in [3.05, 3.63) is 78.1 Å². The lowest BCUT2D eigenvalue weighted by Gasteiger charge is -2.20. The average molecular weight is 488 g/mol. The Kier molecular flexibility index (Phi) is 11.2. The van der Waals surface area contributed by atoms with E-state index in [1.165, 1.54) is 37.4 Å². The van der Waals surface area contributed by atoms with Gasteiger partial charge in [-0.25, -0.2) is 4.39 Å². The van der Waals surface area contributed by atoms with Crippen LogP contribution in [-0.2, 0) is 6.42 Å². The number of benzene rings is 3. The number of hydrogen-bond acceptors (Lipinski definition) is 5. The van der Waals surface area contributed by atoms with E-state index in [-0.39, 0.29) is 5.82 Å². The lowest BCUT2D eigenvalue weighted by Crippen LogP contribution is -2.21. The van der Waals surface area contributed by atoms with E-state index in [9.17, 15) is 4.39 Å². The number of nitrogens with zero attached hydrogens (tertiary/aromatic N) is 5. The van der Waals surface area contributed by atoms with Crippen molar-refractivity contribution in [3.8, 4) is 0 Å². The highest BCUT2D eigenvalue weighted by molar-refractivity contribution is 5.53. The number of rotatable bonds is 14. The Morgan fingerprint density at radius 3 is 1.58 bits per heavy atom. The maximum atomic E-state index is 14.5. The molecule has 0 aromatic heterocycles. The van der Waals surface area contributed by atoms with Crippen LogP contribution in [0.2, 0.25) is 0 Å². The summed E-state index contributed by atoms with van der Waals surface area (Å²) in [6.07, 6.45) is 7.97. The number of aryl methyl sites for hydroxylation is 1. The minimum absolute atomic E-state index is 0.208. The zero-order valence-electron chi connectivity index (χ0n) is 21.8. The van der Waals surface area contributed by atoms with Crippen molar-refractivity contribution in [1.29, 1.82) is 0 Å². The molecular weight excluding hydrogens is 449 g/mol. The Hall–Kier alpha value is -3.41. The zero-order chi connectivity index (χ0) is 25.6. The van der Waals surface area contributed by atoms with E-state index in [0.717, 1.165) is 49.3 Å². The first-order valence-electron chi connectivity index (χ1n) is 13.2. The second-order valence-electron chi connectivity index (χ2n) is 8.90. The molecule has 0 amide bonds. The van der Waals surface area contributed by atoms with E-state index in [4.69, 9.17) is 0 Å². The van der Waals surface area contributed by atoms with Gasteiger partial charge in [0.1, 0.15) is 5.82 Å². The summed E-state index contributed by atoms with van der Waals surface area (Å²) in [5.41, 5.74) is 4.65. The van der Waals surface area contributed by atoms with Crippen molar-refractivity contribution < 1.29 is 4.39 Å². The highest BCUT2D eigenvalue weighted by Crippen LogP contribution is 2.26. The summed E-state index contributed by atoms with van der Waals surface area (Å²) in [6, 6.07) is 20.5. The largest absolute Gasteiger partial charge is 0.372 e. The van der Waals surface area contributed by atoms with Crippen LogP contribution in [0.3, 0.4) is 0 Å². The molecule has 36 heavy (non-hydrogen) atoms. The van der Waals surface area contributed by atoms with E-state index < -0.39 is 0 Å². The van der Waals surface area contributed by atoms with E-state index in [1.807, 2.05) is 48.5 Å². The molecule has 0 radical (unpaired) electrons. The molecular formula is C30H38FN5. The highest BCUT2D eigenvalue weighted by atomic mass is 19.1. The molecule has 0 unspecified atom stereocenters. The highest BCUT2D eigenvalue weighted by Gasteiger charge is 2.04. The normalized spacial score (nSPS) is 11.6. The summed E-state index contributed by atoms with van der Waals surface area (Å²) < 4.78 is 14.5. The third-order valence-corrected chi connectivity index (χ3v) is 6.23. The average Bonchev–Trinajstić information content (AvgIpc) is 2.91. The zero-order valence-corrected chi connectivity index (χ0v) is 21.8. The van der Waals surface area contributed by atoms with Gasteiger partial charge in [0, 0.05) is 24.8 Å². The molecule has 0 aliphatic heterocycles. The van der Waals surface area contributed by atoms with Crippen molar-refractivity contribution in [1.82, 2.24) is 0 Å². The molecule has 3 aromatic rings. The quantitative estimate of drug-likeness (QED) is 0.165. The van der Waals surface area contributed by atoms with Gasteiger partial charge in [-0.15, -0.1) is 0 Å². The Balaban J connectivity index is 1.52. The fraction of sp³-hybridized carbons (Fsp3) is 0.400. The first-order valence-corrected chi connectivity index (χ1v) is 13.2.